The zero-order valence-electron chi connectivity index (χ0n) is 13.1. The number of amides is 1. The Balaban J connectivity index is 1.96. The SMILES string of the molecule is CC(=O)NCCOC[C@@H]1OCCNC[C@H]1c1ccc(I)c(Cl)c1. The lowest BCUT2D eigenvalue weighted by Crippen LogP contribution is -2.32. The predicted molar refractivity (Wildman–Crippen MR) is 99.0 cm³/mol. The van der Waals surface area contributed by atoms with Crippen LogP contribution in [0.15, 0.2) is 18.2 Å². The van der Waals surface area contributed by atoms with Gasteiger partial charge in [0.15, 0.2) is 0 Å². The van der Waals surface area contributed by atoms with Crippen molar-refractivity contribution in [2.75, 3.05) is 39.5 Å². The molecule has 0 aliphatic carbocycles. The molecule has 0 saturated carbocycles. The minimum absolute atomic E-state index is 0.0292. The summed E-state index contributed by atoms with van der Waals surface area (Å²) in [5, 5.41) is 6.87. The van der Waals surface area contributed by atoms with Gasteiger partial charge in [0.1, 0.15) is 0 Å². The molecule has 0 spiro atoms. The Morgan fingerprint density at radius 3 is 3.13 bits per heavy atom. The molecule has 1 aromatic rings. The quantitative estimate of drug-likeness (QED) is 0.513. The third-order valence-corrected chi connectivity index (χ3v) is 5.27. The van der Waals surface area contributed by atoms with E-state index in [4.69, 9.17) is 21.1 Å². The summed E-state index contributed by atoms with van der Waals surface area (Å²) in [5.41, 5.74) is 1.15. The lowest BCUT2D eigenvalue weighted by atomic mass is 9.93. The average Bonchev–Trinajstić information content (AvgIpc) is 2.75. The predicted octanol–water partition coefficient (Wildman–Crippen LogP) is 2.17. The van der Waals surface area contributed by atoms with Gasteiger partial charge in [0, 0.05) is 36.0 Å². The highest BCUT2D eigenvalue weighted by molar-refractivity contribution is 14.1. The van der Waals surface area contributed by atoms with Crippen LogP contribution in [0.1, 0.15) is 18.4 Å². The molecule has 1 saturated heterocycles. The van der Waals surface area contributed by atoms with Gasteiger partial charge in [-0.3, -0.25) is 4.79 Å². The van der Waals surface area contributed by atoms with Crippen LogP contribution in [0, 0.1) is 3.57 Å². The van der Waals surface area contributed by atoms with Crippen LogP contribution in [0.4, 0.5) is 0 Å². The smallest absolute Gasteiger partial charge is 0.216 e. The van der Waals surface area contributed by atoms with E-state index in [1.807, 2.05) is 12.1 Å². The maximum atomic E-state index is 10.8. The van der Waals surface area contributed by atoms with Crippen molar-refractivity contribution in [1.29, 1.82) is 0 Å². The van der Waals surface area contributed by atoms with Crippen LogP contribution in [0.3, 0.4) is 0 Å². The van der Waals surface area contributed by atoms with E-state index in [1.54, 1.807) is 0 Å². The molecule has 0 radical (unpaired) electrons. The van der Waals surface area contributed by atoms with Crippen LogP contribution < -0.4 is 10.6 Å². The van der Waals surface area contributed by atoms with E-state index in [-0.39, 0.29) is 17.9 Å². The molecule has 0 unspecified atom stereocenters. The molecule has 2 rings (SSSR count). The summed E-state index contributed by atoms with van der Waals surface area (Å²) < 4.78 is 12.7. The van der Waals surface area contributed by atoms with Gasteiger partial charge in [-0.15, -0.1) is 0 Å². The van der Waals surface area contributed by atoms with E-state index >= 15 is 0 Å². The highest BCUT2D eigenvalue weighted by atomic mass is 127. The van der Waals surface area contributed by atoms with Gasteiger partial charge in [-0.2, -0.15) is 0 Å². The van der Waals surface area contributed by atoms with Crippen molar-refractivity contribution < 1.29 is 14.3 Å². The molecule has 1 aliphatic heterocycles. The molecule has 0 aromatic heterocycles. The highest BCUT2D eigenvalue weighted by Gasteiger charge is 2.26. The van der Waals surface area contributed by atoms with Gasteiger partial charge in [0.05, 0.1) is 30.9 Å². The van der Waals surface area contributed by atoms with Crippen molar-refractivity contribution in [2.24, 2.45) is 0 Å². The summed E-state index contributed by atoms with van der Waals surface area (Å²) in [6.45, 7) is 5.31. The normalized spacial score (nSPS) is 21.7. The van der Waals surface area contributed by atoms with E-state index in [0.29, 0.717) is 26.4 Å². The number of nitrogens with one attached hydrogen (secondary N) is 2. The van der Waals surface area contributed by atoms with Gasteiger partial charge in [0.25, 0.3) is 0 Å². The number of hydrogen-bond donors (Lipinski definition) is 2. The molecule has 1 aliphatic rings. The molecule has 1 fully saturated rings. The van der Waals surface area contributed by atoms with Crippen molar-refractivity contribution >= 4 is 40.1 Å². The number of carbonyl (C=O) groups excluding carboxylic acids is 1. The standard InChI is InChI=1S/C16H22ClIN2O3/c1-11(21)20-5-6-22-10-16-13(9-19-4-7-23-16)12-2-3-15(18)14(17)8-12/h2-3,8,13,16,19H,4-7,9-10H2,1H3,(H,20,21)/t13-,16-/m0/s1. The third kappa shape index (κ3) is 6.19. The highest BCUT2D eigenvalue weighted by Crippen LogP contribution is 2.28. The fraction of sp³-hybridized carbons (Fsp3) is 0.562. The molecule has 1 aromatic carbocycles. The second-order valence-corrected chi connectivity index (χ2v) is 7.02. The zero-order valence-corrected chi connectivity index (χ0v) is 16.0. The Bertz CT molecular complexity index is 530. The largest absolute Gasteiger partial charge is 0.377 e. The topological polar surface area (TPSA) is 59.6 Å². The first-order valence-corrected chi connectivity index (χ1v) is 9.13. The number of hydrogen-bond acceptors (Lipinski definition) is 4. The lowest BCUT2D eigenvalue weighted by molar-refractivity contribution is -0.119. The van der Waals surface area contributed by atoms with Gasteiger partial charge in [-0.1, -0.05) is 17.7 Å². The summed E-state index contributed by atoms with van der Waals surface area (Å²) in [4.78, 5) is 10.8. The first kappa shape index (κ1) is 18.9. The third-order valence-electron chi connectivity index (χ3n) is 3.70. The number of rotatable bonds is 6. The molecule has 2 atom stereocenters. The van der Waals surface area contributed by atoms with Crippen molar-refractivity contribution in [2.45, 2.75) is 18.9 Å². The van der Waals surface area contributed by atoms with Crippen LogP contribution in [0.5, 0.6) is 0 Å². The Hall–Kier alpha value is -0.410. The molecule has 5 nitrogen and oxygen atoms in total. The molecule has 1 amide bonds. The van der Waals surface area contributed by atoms with Crippen LogP contribution >= 0.6 is 34.2 Å². The maximum absolute atomic E-state index is 10.8. The summed E-state index contributed by atoms with van der Waals surface area (Å²) in [7, 11) is 0. The zero-order chi connectivity index (χ0) is 16.7. The van der Waals surface area contributed by atoms with E-state index in [2.05, 4.69) is 39.3 Å². The summed E-state index contributed by atoms with van der Waals surface area (Å²) in [6, 6.07) is 6.13. The van der Waals surface area contributed by atoms with Crippen molar-refractivity contribution in [1.82, 2.24) is 10.6 Å². The molecular formula is C16H22ClIN2O3. The van der Waals surface area contributed by atoms with Gasteiger partial charge in [-0.05, 0) is 40.3 Å². The summed E-state index contributed by atoms with van der Waals surface area (Å²) >= 11 is 8.48. The van der Waals surface area contributed by atoms with Crippen LogP contribution in [0.25, 0.3) is 0 Å². The van der Waals surface area contributed by atoms with Gasteiger partial charge < -0.3 is 20.1 Å². The molecule has 128 valence electrons. The van der Waals surface area contributed by atoms with Gasteiger partial charge in [0.2, 0.25) is 5.91 Å². The molecule has 1 heterocycles. The van der Waals surface area contributed by atoms with Crippen LogP contribution in [0.2, 0.25) is 5.02 Å². The van der Waals surface area contributed by atoms with E-state index in [9.17, 15) is 4.79 Å². The Labute approximate surface area is 155 Å². The lowest BCUT2D eigenvalue weighted by Gasteiger charge is -2.25. The minimum Gasteiger partial charge on any atom is -0.377 e. The van der Waals surface area contributed by atoms with Crippen molar-refractivity contribution in [3.05, 3.63) is 32.4 Å². The van der Waals surface area contributed by atoms with E-state index in [0.717, 1.165) is 27.2 Å². The molecule has 2 N–H and O–H groups in total. The Kier molecular flexibility index (Phi) is 8.05. The number of halogens is 2. The Morgan fingerprint density at radius 1 is 1.57 bits per heavy atom. The monoisotopic (exact) mass is 452 g/mol. The van der Waals surface area contributed by atoms with E-state index in [1.165, 1.54) is 6.92 Å². The summed E-state index contributed by atoms with van der Waals surface area (Å²) in [6.07, 6.45) is -0.0292. The van der Waals surface area contributed by atoms with Gasteiger partial charge >= 0.3 is 0 Å². The fourth-order valence-electron chi connectivity index (χ4n) is 2.53. The van der Waals surface area contributed by atoms with Crippen LogP contribution in [-0.2, 0) is 14.3 Å². The fourth-order valence-corrected chi connectivity index (χ4v) is 3.05. The van der Waals surface area contributed by atoms with Crippen LogP contribution in [-0.4, -0.2) is 51.5 Å². The average molecular weight is 453 g/mol. The first-order chi connectivity index (χ1) is 11.1. The number of ether oxygens (including phenoxy) is 2. The molecule has 23 heavy (non-hydrogen) atoms. The molecule has 7 heteroatoms. The Morgan fingerprint density at radius 2 is 2.39 bits per heavy atom. The summed E-state index contributed by atoms with van der Waals surface area (Å²) in [5.74, 6) is 0.141. The van der Waals surface area contributed by atoms with Crippen molar-refractivity contribution in [3.63, 3.8) is 0 Å². The second-order valence-electron chi connectivity index (χ2n) is 5.45. The minimum atomic E-state index is -0.0464. The number of benzene rings is 1. The molecular weight excluding hydrogens is 431 g/mol. The van der Waals surface area contributed by atoms with Crippen molar-refractivity contribution in [3.8, 4) is 0 Å². The first-order valence-electron chi connectivity index (χ1n) is 7.67. The number of carbonyl (C=O) groups is 1. The second kappa shape index (κ2) is 9.78. The molecule has 0 bridgehead atoms. The maximum Gasteiger partial charge on any atom is 0.216 e. The van der Waals surface area contributed by atoms with Gasteiger partial charge in [-0.25, -0.2) is 0 Å². The van der Waals surface area contributed by atoms with E-state index < -0.39 is 0 Å².